The smallest absolute Gasteiger partial charge is 0.201 e. The highest BCUT2D eigenvalue weighted by atomic mass is 79.9. The highest BCUT2D eigenvalue weighted by Gasteiger charge is 2.11. The number of imidazole rings is 1. The molecule has 3 aromatic rings. The Bertz CT molecular complexity index is 720. The van der Waals surface area contributed by atoms with Crippen LogP contribution in [0.1, 0.15) is 0 Å². The lowest BCUT2D eigenvalue weighted by Crippen LogP contribution is -2.10. The van der Waals surface area contributed by atoms with E-state index in [0.717, 1.165) is 5.52 Å². The Hall–Kier alpha value is -1.96. The van der Waals surface area contributed by atoms with Gasteiger partial charge < -0.3 is 10.3 Å². The Labute approximate surface area is 116 Å². The fourth-order valence-electron chi connectivity index (χ4n) is 1.93. The number of halogens is 2. The molecule has 0 bridgehead atoms. The molecule has 0 aliphatic carbocycles. The standard InChI is InChI=1S/C11H10BrFN6/c12-7-5-10-9(6-8(7)13)16-11(14)19(10)4-3-18-2-1-15-17-18/h1-2,5-6H,3-4H2,(H2,14,16). The summed E-state index contributed by atoms with van der Waals surface area (Å²) >= 11 is 3.17. The van der Waals surface area contributed by atoms with Crippen LogP contribution in [0, 0.1) is 5.82 Å². The zero-order chi connectivity index (χ0) is 13.4. The van der Waals surface area contributed by atoms with E-state index >= 15 is 0 Å². The van der Waals surface area contributed by atoms with Crippen molar-refractivity contribution in [3.05, 3.63) is 34.8 Å². The van der Waals surface area contributed by atoms with Crippen molar-refractivity contribution in [3.8, 4) is 0 Å². The number of nitrogens with two attached hydrogens (primary N) is 1. The SMILES string of the molecule is Nc1nc2cc(F)c(Br)cc2n1CCn1ccnn1. The van der Waals surface area contributed by atoms with E-state index < -0.39 is 0 Å². The van der Waals surface area contributed by atoms with E-state index in [9.17, 15) is 4.39 Å². The highest BCUT2D eigenvalue weighted by molar-refractivity contribution is 9.10. The first-order valence-electron chi connectivity index (χ1n) is 5.60. The van der Waals surface area contributed by atoms with Crippen LogP contribution in [-0.2, 0) is 13.1 Å². The summed E-state index contributed by atoms with van der Waals surface area (Å²) in [6.07, 6.45) is 3.38. The number of nitrogen functional groups attached to an aromatic ring is 1. The van der Waals surface area contributed by atoms with Crippen LogP contribution < -0.4 is 5.73 Å². The molecule has 0 fully saturated rings. The minimum atomic E-state index is -0.353. The molecule has 0 saturated heterocycles. The second-order valence-electron chi connectivity index (χ2n) is 4.04. The second-order valence-corrected chi connectivity index (χ2v) is 4.90. The molecule has 1 aromatic carbocycles. The number of aromatic nitrogens is 5. The van der Waals surface area contributed by atoms with Gasteiger partial charge in [-0.15, -0.1) is 5.10 Å². The van der Waals surface area contributed by atoms with Gasteiger partial charge in [0.15, 0.2) is 0 Å². The number of nitrogens with zero attached hydrogens (tertiary/aromatic N) is 5. The van der Waals surface area contributed by atoms with Crippen molar-refractivity contribution in [2.45, 2.75) is 13.1 Å². The van der Waals surface area contributed by atoms with Gasteiger partial charge in [-0.2, -0.15) is 0 Å². The summed E-state index contributed by atoms with van der Waals surface area (Å²) in [7, 11) is 0. The molecular weight excluding hydrogens is 315 g/mol. The lowest BCUT2D eigenvalue weighted by Gasteiger charge is -2.06. The maximum absolute atomic E-state index is 13.4. The molecular formula is C11H10BrFN6. The number of aryl methyl sites for hydroxylation is 2. The van der Waals surface area contributed by atoms with Gasteiger partial charge in [0.2, 0.25) is 5.95 Å². The zero-order valence-corrected chi connectivity index (χ0v) is 11.4. The molecule has 2 heterocycles. The van der Waals surface area contributed by atoms with Gasteiger partial charge in [-0.3, -0.25) is 4.68 Å². The van der Waals surface area contributed by atoms with Crippen molar-refractivity contribution >= 4 is 32.9 Å². The summed E-state index contributed by atoms with van der Waals surface area (Å²) in [5.74, 6) is 0.000964. The number of benzene rings is 1. The molecule has 98 valence electrons. The normalized spacial score (nSPS) is 11.3. The van der Waals surface area contributed by atoms with Gasteiger partial charge in [0.1, 0.15) is 5.82 Å². The summed E-state index contributed by atoms with van der Waals surface area (Å²) in [5.41, 5.74) is 7.18. The van der Waals surface area contributed by atoms with Crippen LogP contribution in [0.4, 0.5) is 10.3 Å². The summed E-state index contributed by atoms with van der Waals surface area (Å²) in [4.78, 5) is 4.15. The van der Waals surface area contributed by atoms with Gasteiger partial charge >= 0.3 is 0 Å². The van der Waals surface area contributed by atoms with E-state index in [1.165, 1.54) is 6.07 Å². The highest BCUT2D eigenvalue weighted by Crippen LogP contribution is 2.25. The monoisotopic (exact) mass is 324 g/mol. The van der Waals surface area contributed by atoms with Gasteiger partial charge in [0, 0.05) is 18.8 Å². The van der Waals surface area contributed by atoms with Crippen molar-refractivity contribution in [3.63, 3.8) is 0 Å². The fourth-order valence-corrected chi connectivity index (χ4v) is 2.26. The molecule has 19 heavy (non-hydrogen) atoms. The van der Waals surface area contributed by atoms with E-state index in [1.54, 1.807) is 23.1 Å². The van der Waals surface area contributed by atoms with E-state index in [1.807, 2.05) is 4.57 Å². The average molecular weight is 325 g/mol. The molecule has 2 N–H and O–H groups in total. The first-order valence-corrected chi connectivity index (χ1v) is 6.39. The van der Waals surface area contributed by atoms with E-state index in [0.29, 0.717) is 29.0 Å². The molecule has 0 radical (unpaired) electrons. The van der Waals surface area contributed by atoms with Gasteiger partial charge in [-0.05, 0) is 22.0 Å². The van der Waals surface area contributed by atoms with Crippen molar-refractivity contribution < 1.29 is 4.39 Å². The number of hydrogen-bond acceptors (Lipinski definition) is 4. The average Bonchev–Trinajstić information content (AvgIpc) is 2.96. The van der Waals surface area contributed by atoms with Crippen molar-refractivity contribution in [1.29, 1.82) is 0 Å². The summed E-state index contributed by atoms with van der Waals surface area (Å²) in [6.45, 7) is 1.20. The number of fused-ring (bicyclic) bond motifs is 1. The van der Waals surface area contributed by atoms with Crippen LogP contribution in [-0.4, -0.2) is 24.5 Å². The Kier molecular flexibility index (Phi) is 2.94. The van der Waals surface area contributed by atoms with Crippen LogP contribution in [0.25, 0.3) is 11.0 Å². The Morgan fingerprint density at radius 1 is 1.32 bits per heavy atom. The Balaban J connectivity index is 1.98. The Morgan fingerprint density at radius 3 is 2.89 bits per heavy atom. The fraction of sp³-hybridized carbons (Fsp3) is 0.182. The van der Waals surface area contributed by atoms with Crippen LogP contribution in [0.3, 0.4) is 0 Å². The minimum absolute atomic E-state index is 0.353. The lowest BCUT2D eigenvalue weighted by molar-refractivity contribution is 0.529. The molecule has 0 amide bonds. The van der Waals surface area contributed by atoms with Crippen LogP contribution in [0.2, 0.25) is 0 Å². The predicted molar refractivity (Wildman–Crippen MR) is 71.8 cm³/mol. The van der Waals surface area contributed by atoms with E-state index in [4.69, 9.17) is 5.73 Å². The van der Waals surface area contributed by atoms with Crippen molar-refractivity contribution in [1.82, 2.24) is 24.5 Å². The number of rotatable bonds is 3. The summed E-state index contributed by atoms with van der Waals surface area (Å²) in [5, 5.41) is 7.61. The molecule has 2 aromatic heterocycles. The minimum Gasteiger partial charge on any atom is -0.369 e. The largest absolute Gasteiger partial charge is 0.369 e. The summed E-state index contributed by atoms with van der Waals surface area (Å²) < 4.78 is 17.3. The van der Waals surface area contributed by atoms with E-state index in [-0.39, 0.29) is 5.82 Å². The molecule has 0 atom stereocenters. The zero-order valence-electron chi connectivity index (χ0n) is 9.79. The van der Waals surface area contributed by atoms with Gasteiger partial charge in [-0.1, -0.05) is 5.21 Å². The third-order valence-electron chi connectivity index (χ3n) is 2.84. The topological polar surface area (TPSA) is 74.5 Å². The lowest BCUT2D eigenvalue weighted by atomic mass is 10.3. The van der Waals surface area contributed by atoms with Gasteiger partial charge in [-0.25, -0.2) is 9.37 Å². The maximum Gasteiger partial charge on any atom is 0.201 e. The molecule has 8 heteroatoms. The third kappa shape index (κ3) is 2.19. The molecule has 0 saturated carbocycles. The number of hydrogen-bond donors (Lipinski definition) is 1. The second kappa shape index (κ2) is 4.61. The molecule has 0 aliphatic heterocycles. The van der Waals surface area contributed by atoms with E-state index in [2.05, 4.69) is 31.2 Å². The molecule has 0 aliphatic rings. The molecule has 0 spiro atoms. The van der Waals surface area contributed by atoms with Crippen molar-refractivity contribution in [2.75, 3.05) is 5.73 Å². The van der Waals surface area contributed by atoms with Crippen LogP contribution in [0.5, 0.6) is 0 Å². The summed E-state index contributed by atoms with van der Waals surface area (Å²) in [6, 6.07) is 3.04. The first-order chi connectivity index (χ1) is 9.15. The van der Waals surface area contributed by atoms with Gasteiger partial charge in [0.25, 0.3) is 0 Å². The first kappa shape index (κ1) is 12.1. The predicted octanol–water partition coefficient (Wildman–Crippen LogP) is 1.81. The van der Waals surface area contributed by atoms with Crippen LogP contribution >= 0.6 is 15.9 Å². The van der Waals surface area contributed by atoms with Gasteiger partial charge in [0.05, 0.1) is 28.2 Å². The third-order valence-corrected chi connectivity index (χ3v) is 3.45. The molecule has 6 nitrogen and oxygen atoms in total. The maximum atomic E-state index is 13.4. The quantitative estimate of drug-likeness (QED) is 0.797. The molecule has 3 rings (SSSR count). The van der Waals surface area contributed by atoms with Crippen molar-refractivity contribution in [2.24, 2.45) is 0 Å². The Morgan fingerprint density at radius 2 is 2.16 bits per heavy atom. The van der Waals surface area contributed by atoms with Crippen LogP contribution in [0.15, 0.2) is 29.0 Å². The molecule has 0 unspecified atom stereocenters. The number of anilines is 1.